The monoisotopic (exact) mass is 324 g/mol. The van der Waals surface area contributed by atoms with Crippen molar-refractivity contribution < 1.29 is 13.2 Å². The van der Waals surface area contributed by atoms with Crippen LogP contribution in [-0.2, 0) is 9.05 Å². The Balaban J connectivity index is 2.89. The van der Waals surface area contributed by atoms with Crippen molar-refractivity contribution in [1.82, 2.24) is 5.32 Å². The first-order chi connectivity index (χ1) is 8.49. The van der Waals surface area contributed by atoms with E-state index in [0.29, 0.717) is 5.69 Å². The Labute approximate surface area is 121 Å². The summed E-state index contributed by atoms with van der Waals surface area (Å²) >= 11 is 5.80. The van der Waals surface area contributed by atoms with Crippen LogP contribution in [0.4, 0.5) is 10.5 Å². The zero-order valence-electron chi connectivity index (χ0n) is 10.6. The van der Waals surface area contributed by atoms with E-state index in [2.05, 4.69) is 10.6 Å². The minimum atomic E-state index is -3.90. The van der Waals surface area contributed by atoms with Crippen LogP contribution in [0, 0.1) is 0 Å². The van der Waals surface area contributed by atoms with Gasteiger partial charge in [-0.2, -0.15) is 0 Å². The molecule has 1 rings (SSSR count). The summed E-state index contributed by atoms with van der Waals surface area (Å²) in [7, 11) is 1.30. The molecule has 106 valence electrons. The van der Waals surface area contributed by atoms with Crippen molar-refractivity contribution >= 4 is 43.1 Å². The first-order valence-electron chi connectivity index (χ1n) is 5.32. The molecule has 0 radical (unpaired) electrons. The van der Waals surface area contributed by atoms with Gasteiger partial charge in [-0.1, -0.05) is 11.6 Å². The largest absolute Gasteiger partial charge is 0.333 e. The molecule has 0 spiro atoms. The van der Waals surface area contributed by atoms with Crippen molar-refractivity contribution in [2.24, 2.45) is 0 Å². The highest BCUT2D eigenvalue weighted by atomic mass is 35.7. The third-order valence-corrected chi connectivity index (χ3v) is 3.75. The van der Waals surface area contributed by atoms with Gasteiger partial charge in [-0.25, -0.2) is 13.2 Å². The first kappa shape index (κ1) is 16.1. The van der Waals surface area contributed by atoms with Crippen molar-refractivity contribution in [1.29, 1.82) is 0 Å². The fraction of sp³-hybridized carbons (Fsp3) is 0.364. The Hall–Kier alpha value is -0.980. The summed E-state index contributed by atoms with van der Waals surface area (Å²) < 4.78 is 22.3. The predicted octanol–water partition coefficient (Wildman–Crippen LogP) is 3.19. The molecular weight excluding hydrogens is 311 g/mol. The molecule has 19 heavy (non-hydrogen) atoms. The number of nitrogens with one attached hydrogen (secondary N) is 2. The van der Waals surface area contributed by atoms with E-state index in [9.17, 15) is 13.2 Å². The highest BCUT2D eigenvalue weighted by molar-refractivity contribution is 8.13. The van der Waals surface area contributed by atoms with Crippen LogP contribution in [0.2, 0.25) is 5.02 Å². The highest BCUT2D eigenvalue weighted by Crippen LogP contribution is 2.27. The van der Waals surface area contributed by atoms with E-state index in [1.807, 2.05) is 20.8 Å². The van der Waals surface area contributed by atoms with E-state index in [1.165, 1.54) is 18.2 Å². The molecule has 0 aliphatic rings. The number of urea groups is 1. The molecule has 5 nitrogen and oxygen atoms in total. The smallest absolute Gasteiger partial charge is 0.319 e. The zero-order valence-corrected chi connectivity index (χ0v) is 12.9. The number of carbonyl (C=O) groups excluding carboxylic acids is 1. The van der Waals surface area contributed by atoms with Crippen LogP contribution < -0.4 is 10.6 Å². The fourth-order valence-electron chi connectivity index (χ4n) is 1.28. The Morgan fingerprint density at radius 3 is 2.26 bits per heavy atom. The molecule has 0 saturated carbocycles. The lowest BCUT2D eigenvalue weighted by Crippen LogP contribution is -2.43. The lowest BCUT2D eigenvalue weighted by Gasteiger charge is -2.20. The number of benzene rings is 1. The average molecular weight is 325 g/mol. The lowest BCUT2D eigenvalue weighted by molar-refractivity contribution is 0.244. The first-order valence-corrected chi connectivity index (χ1v) is 8.01. The molecule has 2 N–H and O–H groups in total. The molecule has 8 heteroatoms. The Morgan fingerprint density at radius 2 is 1.84 bits per heavy atom. The summed E-state index contributed by atoms with van der Waals surface area (Å²) in [6.07, 6.45) is 0. The number of hydrogen-bond acceptors (Lipinski definition) is 3. The molecule has 0 aliphatic carbocycles. The summed E-state index contributed by atoms with van der Waals surface area (Å²) in [5.41, 5.74) is -0.0105. The molecule has 1 aromatic carbocycles. The SMILES string of the molecule is CC(C)(C)NC(=O)Nc1ccc(S(=O)(=O)Cl)c(Cl)c1. The van der Waals surface area contributed by atoms with Crippen LogP contribution in [0.5, 0.6) is 0 Å². The van der Waals surface area contributed by atoms with E-state index < -0.39 is 15.1 Å². The van der Waals surface area contributed by atoms with Gasteiger partial charge in [0.25, 0.3) is 9.05 Å². The Morgan fingerprint density at radius 1 is 1.26 bits per heavy atom. The van der Waals surface area contributed by atoms with Crippen LogP contribution in [0.25, 0.3) is 0 Å². The molecule has 2 amide bonds. The van der Waals surface area contributed by atoms with Gasteiger partial charge in [0.05, 0.1) is 5.02 Å². The standard InChI is InChI=1S/C11H14Cl2N2O3S/c1-11(2,3)15-10(16)14-7-4-5-9(8(12)6-7)19(13,17)18/h4-6H,1-3H3,(H2,14,15,16). The van der Waals surface area contributed by atoms with Crippen molar-refractivity contribution in [3.8, 4) is 0 Å². The number of anilines is 1. The van der Waals surface area contributed by atoms with Gasteiger partial charge in [0, 0.05) is 21.9 Å². The Bertz CT molecular complexity index is 594. The van der Waals surface area contributed by atoms with Crippen molar-refractivity contribution in [2.45, 2.75) is 31.2 Å². The highest BCUT2D eigenvalue weighted by Gasteiger charge is 2.17. The van der Waals surface area contributed by atoms with Gasteiger partial charge in [-0.15, -0.1) is 0 Å². The van der Waals surface area contributed by atoms with Crippen LogP contribution in [0.3, 0.4) is 0 Å². The molecule has 0 fully saturated rings. The fourth-order valence-corrected chi connectivity index (χ4v) is 2.81. The van der Waals surface area contributed by atoms with E-state index in [4.69, 9.17) is 22.3 Å². The number of rotatable bonds is 2. The zero-order chi connectivity index (χ0) is 14.8. The second kappa shape index (κ2) is 5.56. The van der Waals surface area contributed by atoms with E-state index in [-0.39, 0.29) is 15.5 Å². The second-order valence-corrected chi connectivity index (χ2v) is 7.85. The van der Waals surface area contributed by atoms with Gasteiger partial charge in [0.1, 0.15) is 4.90 Å². The number of hydrogen-bond donors (Lipinski definition) is 2. The summed E-state index contributed by atoms with van der Waals surface area (Å²) in [5, 5.41) is 5.19. The molecule has 1 aromatic rings. The maximum Gasteiger partial charge on any atom is 0.319 e. The summed E-state index contributed by atoms with van der Waals surface area (Å²) in [5.74, 6) is 0. The van der Waals surface area contributed by atoms with Gasteiger partial charge in [0.15, 0.2) is 0 Å². The molecule has 0 unspecified atom stereocenters. The summed E-state index contributed by atoms with van der Waals surface area (Å²) in [6, 6.07) is 3.55. The van der Waals surface area contributed by atoms with E-state index >= 15 is 0 Å². The third kappa shape index (κ3) is 5.26. The number of halogens is 2. The topological polar surface area (TPSA) is 75.3 Å². The van der Waals surface area contributed by atoms with Crippen molar-refractivity contribution in [3.05, 3.63) is 23.2 Å². The van der Waals surface area contributed by atoms with Crippen LogP contribution in [0.15, 0.2) is 23.1 Å². The quantitative estimate of drug-likeness (QED) is 0.820. The molecule has 0 heterocycles. The summed E-state index contributed by atoms with van der Waals surface area (Å²) in [6.45, 7) is 5.51. The number of amides is 2. The van der Waals surface area contributed by atoms with Crippen LogP contribution in [0.1, 0.15) is 20.8 Å². The van der Waals surface area contributed by atoms with Gasteiger partial charge >= 0.3 is 6.03 Å². The minimum Gasteiger partial charge on any atom is -0.333 e. The Kier molecular flexibility index (Phi) is 4.71. The maximum atomic E-state index is 11.6. The van der Waals surface area contributed by atoms with Crippen molar-refractivity contribution in [2.75, 3.05) is 5.32 Å². The maximum absolute atomic E-state index is 11.6. The number of carbonyl (C=O) groups is 1. The normalized spacial score (nSPS) is 12.1. The molecule has 0 aromatic heterocycles. The molecule has 0 aliphatic heterocycles. The minimum absolute atomic E-state index is 0.0523. The lowest BCUT2D eigenvalue weighted by atomic mass is 10.1. The predicted molar refractivity (Wildman–Crippen MR) is 76.4 cm³/mol. The molecule has 0 bridgehead atoms. The van der Waals surface area contributed by atoms with Gasteiger partial charge in [-0.3, -0.25) is 0 Å². The average Bonchev–Trinajstić information content (AvgIpc) is 2.11. The van der Waals surface area contributed by atoms with Gasteiger partial charge in [-0.05, 0) is 39.0 Å². The van der Waals surface area contributed by atoms with E-state index in [0.717, 1.165) is 0 Å². The van der Waals surface area contributed by atoms with Gasteiger partial charge in [0.2, 0.25) is 0 Å². The second-order valence-electron chi connectivity index (χ2n) is 4.91. The molecule has 0 atom stereocenters. The van der Waals surface area contributed by atoms with Crippen molar-refractivity contribution in [3.63, 3.8) is 0 Å². The van der Waals surface area contributed by atoms with Crippen LogP contribution >= 0.6 is 22.3 Å². The molecular formula is C11H14Cl2N2O3S. The summed E-state index contributed by atoms with van der Waals surface area (Å²) in [4.78, 5) is 11.4. The third-order valence-electron chi connectivity index (χ3n) is 1.94. The van der Waals surface area contributed by atoms with E-state index in [1.54, 1.807) is 0 Å². The van der Waals surface area contributed by atoms with Crippen LogP contribution in [-0.4, -0.2) is 20.0 Å². The molecule has 0 saturated heterocycles. The van der Waals surface area contributed by atoms with Gasteiger partial charge < -0.3 is 10.6 Å².